The van der Waals surface area contributed by atoms with Crippen molar-refractivity contribution in [3.63, 3.8) is 0 Å². The summed E-state index contributed by atoms with van der Waals surface area (Å²) in [6.07, 6.45) is 2.91. The molecule has 2 N–H and O–H groups in total. The molecule has 1 aromatic heterocycles. The number of pyridine rings is 1. The zero-order valence-electron chi connectivity index (χ0n) is 14.6. The number of hydrogen-bond acceptors (Lipinski definition) is 3. The first kappa shape index (κ1) is 17.8. The summed E-state index contributed by atoms with van der Waals surface area (Å²) in [5, 5.41) is 6.57. The Bertz CT molecular complexity index is 624. The largest absolute Gasteiger partial charge is 0.491 e. The van der Waals surface area contributed by atoms with Crippen molar-refractivity contribution in [2.24, 2.45) is 4.99 Å². The SMILES string of the molecule is CN=C(NCCc1ccc(OC(C)C)cc1)NCc1ccccn1. The molecule has 0 amide bonds. The van der Waals surface area contributed by atoms with Crippen LogP contribution in [0.3, 0.4) is 0 Å². The van der Waals surface area contributed by atoms with Gasteiger partial charge in [-0.15, -0.1) is 0 Å². The van der Waals surface area contributed by atoms with Crippen LogP contribution in [0.2, 0.25) is 0 Å². The molecule has 2 rings (SSSR count). The fraction of sp³-hybridized carbons (Fsp3) is 0.368. The van der Waals surface area contributed by atoms with Gasteiger partial charge in [0.05, 0.1) is 18.3 Å². The lowest BCUT2D eigenvalue weighted by Gasteiger charge is -2.12. The predicted molar refractivity (Wildman–Crippen MR) is 98.3 cm³/mol. The van der Waals surface area contributed by atoms with E-state index in [4.69, 9.17) is 4.74 Å². The maximum Gasteiger partial charge on any atom is 0.191 e. The number of aliphatic imine (C=N–C) groups is 1. The topological polar surface area (TPSA) is 58.5 Å². The second kappa shape index (κ2) is 9.55. The second-order valence-corrected chi connectivity index (χ2v) is 5.73. The Labute approximate surface area is 144 Å². The Morgan fingerprint density at radius 2 is 1.92 bits per heavy atom. The van der Waals surface area contributed by atoms with E-state index in [1.807, 2.05) is 44.2 Å². The number of benzene rings is 1. The normalized spacial score (nSPS) is 11.4. The molecule has 0 spiro atoms. The maximum absolute atomic E-state index is 5.65. The molecular formula is C19H26N4O. The third kappa shape index (κ3) is 6.28. The van der Waals surface area contributed by atoms with Gasteiger partial charge in [-0.2, -0.15) is 0 Å². The van der Waals surface area contributed by atoms with Crippen LogP contribution >= 0.6 is 0 Å². The molecule has 0 saturated heterocycles. The van der Waals surface area contributed by atoms with E-state index in [1.54, 1.807) is 13.2 Å². The van der Waals surface area contributed by atoms with Crippen LogP contribution in [-0.4, -0.2) is 30.6 Å². The van der Waals surface area contributed by atoms with Crippen LogP contribution in [0.1, 0.15) is 25.1 Å². The van der Waals surface area contributed by atoms with Gasteiger partial charge in [-0.05, 0) is 50.1 Å². The van der Waals surface area contributed by atoms with Crippen molar-refractivity contribution in [1.82, 2.24) is 15.6 Å². The first-order valence-corrected chi connectivity index (χ1v) is 8.27. The average molecular weight is 326 g/mol. The molecule has 128 valence electrons. The molecule has 5 nitrogen and oxygen atoms in total. The highest BCUT2D eigenvalue weighted by Crippen LogP contribution is 2.13. The summed E-state index contributed by atoms with van der Waals surface area (Å²) in [5.41, 5.74) is 2.25. The summed E-state index contributed by atoms with van der Waals surface area (Å²) in [7, 11) is 1.77. The van der Waals surface area contributed by atoms with Gasteiger partial charge >= 0.3 is 0 Å². The molecule has 24 heavy (non-hydrogen) atoms. The number of nitrogens with zero attached hydrogens (tertiary/aromatic N) is 2. The predicted octanol–water partition coefficient (Wildman–Crippen LogP) is 2.78. The first-order valence-electron chi connectivity index (χ1n) is 8.27. The molecule has 0 aliphatic rings. The molecule has 0 atom stereocenters. The van der Waals surface area contributed by atoms with Gasteiger partial charge in [0.2, 0.25) is 0 Å². The van der Waals surface area contributed by atoms with Crippen LogP contribution in [-0.2, 0) is 13.0 Å². The summed E-state index contributed by atoms with van der Waals surface area (Å²) in [4.78, 5) is 8.51. The van der Waals surface area contributed by atoms with Crippen LogP contribution < -0.4 is 15.4 Å². The lowest BCUT2D eigenvalue weighted by atomic mass is 10.1. The molecule has 1 aromatic carbocycles. The average Bonchev–Trinajstić information content (AvgIpc) is 2.60. The number of aromatic nitrogens is 1. The number of hydrogen-bond donors (Lipinski definition) is 2. The van der Waals surface area contributed by atoms with Crippen molar-refractivity contribution in [1.29, 1.82) is 0 Å². The minimum absolute atomic E-state index is 0.200. The van der Waals surface area contributed by atoms with Crippen LogP contribution in [0.4, 0.5) is 0 Å². The number of nitrogens with one attached hydrogen (secondary N) is 2. The van der Waals surface area contributed by atoms with Crippen molar-refractivity contribution in [2.45, 2.75) is 32.9 Å². The summed E-state index contributed by atoms with van der Waals surface area (Å²) >= 11 is 0. The monoisotopic (exact) mass is 326 g/mol. The Kier molecular flexibility index (Phi) is 7.08. The van der Waals surface area contributed by atoms with Gasteiger partial charge in [-0.3, -0.25) is 9.98 Å². The van der Waals surface area contributed by atoms with E-state index in [2.05, 4.69) is 32.7 Å². The Morgan fingerprint density at radius 3 is 2.54 bits per heavy atom. The highest BCUT2D eigenvalue weighted by atomic mass is 16.5. The number of guanidine groups is 1. The van der Waals surface area contributed by atoms with E-state index < -0.39 is 0 Å². The molecule has 0 aliphatic heterocycles. The Balaban J connectivity index is 1.73. The van der Waals surface area contributed by atoms with Crippen molar-refractivity contribution < 1.29 is 4.74 Å². The van der Waals surface area contributed by atoms with Gasteiger partial charge in [-0.1, -0.05) is 18.2 Å². The van der Waals surface area contributed by atoms with Crippen molar-refractivity contribution in [3.8, 4) is 5.75 Å². The standard InChI is InChI=1S/C19H26N4O/c1-15(2)24-18-9-7-16(8-10-18)11-13-22-19(20-3)23-14-17-6-4-5-12-21-17/h4-10,12,15H,11,13-14H2,1-3H3,(H2,20,22,23). The highest BCUT2D eigenvalue weighted by Gasteiger charge is 2.01. The fourth-order valence-electron chi connectivity index (χ4n) is 2.23. The molecule has 0 radical (unpaired) electrons. The van der Waals surface area contributed by atoms with E-state index in [1.165, 1.54) is 5.56 Å². The second-order valence-electron chi connectivity index (χ2n) is 5.73. The fourth-order valence-corrected chi connectivity index (χ4v) is 2.23. The smallest absolute Gasteiger partial charge is 0.191 e. The Hall–Kier alpha value is -2.56. The number of rotatable bonds is 7. The molecule has 0 fully saturated rings. The van der Waals surface area contributed by atoms with E-state index >= 15 is 0 Å². The third-order valence-corrected chi connectivity index (χ3v) is 3.39. The summed E-state index contributed by atoms with van der Waals surface area (Å²) in [6.45, 7) is 5.52. The van der Waals surface area contributed by atoms with E-state index in [-0.39, 0.29) is 6.10 Å². The lowest BCUT2D eigenvalue weighted by molar-refractivity contribution is 0.242. The van der Waals surface area contributed by atoms with Crippen LogP contribution in [0, 0.1) is 0 Å². The number of ether oxygens (including phenoxy) is 1. The lowest BCUT2D eigenvalue weighted by Crippen LogP contribution is -2.38. The van der Waals surface area contributed by atoms with E-state index in [0.717, 1.165) is 30.4 Å². The molecule has 0 bridgehead atoms. The maximum atomic E-state index is 5.65. The molecule has 2 aromatic rings. The highest BCUT2D eigenvalue weighted by molar-refractivity contribution is 5.79. The molecule has 1 heterocycles. The van der Waals surface area contributed by atoms with Crippen molar-refractivity contribution in [3.05, 3.63) is 59.9 Å². The van der Waals surface area contributed by atoms with Gasteiger partial charge in [0.25, 0.3) is 0 Å². The quantitative estimate of drug-likeness (QED) is 0.607. The molecule has 0 saturated carbocycles. The zero-order valence-corrected chi connectivity index (χ0v) is 14.6. The molecule has 5 heteroatoms. The zero-order chi connectivity index (χ0) is 17.2. The van der Waals surface area contributed by atoms with Crippen LogP contribution in [0.25, 0.3) is 0 Å². The van der Waals surface area contributed by atoms with Crippen molar-refractivity contribution in [2.75, 3.05) is 13.6 Å². The molecular weight excluding hydrogens is 300 g/mol. The molecule has 0 aliphatic carbocycles. The van der Waals surface area contributed by atoms with Gasteiger partial charge in [-0.25, -0.2) is 0 Å². The minimum atomic E-state index is 0.200. The summed E-state index contributed by atoms with van der Waals surface area (Å²) in [6, 6.07) is 14.1. The van der Waals surface area contributed by atoms with Crippen LogP contribution in [0.5, 0.6) is 5.75 Å². The first-order chi connectivity index (χ1) is 11.7. The Morgan fingerprint density at radius 1 is 1.12 bits per heavy atom. The summed E-state index contributed by atoms with van der Waals surface area (Å²) in [5.74, 6) is 1.69. The summed E-state index contributed by atoms with van der Waals surface area (Å²) < 4.78 is 5.65. The third-order valence-electron chi connectivity index (χ3n) is 3.39. The van der Waals surface area contributed by atoms with Crippen LogP contribution in [0.15, 0.2) is 53.7 Å². The minimum Gasteiger partial charge on any atom is -0.491 e. The van der Waals surface area contributed by atoms with Gasteiger partial charge in [0, 0.05) is 19.8 Å². The van der Waals surface area contributed by atoms with E-state index in [9.17, 15) is 0 Å². The van der Waals surface area contributed by atoms with Gasteiger partial charge < -0.3 is 15.4 Å². The van der Waals surface area contributed by atoms with E-state index in [0.29, 0.717) is 6.54 Å². The molecule has 0 unspecified atom stereocenters. The van der Waals surface area contributed by atoms with Gasteiger partial charge in [0.1, 0.15) is 5.75 Å². The van der Waals surface area contributed by atoms with Gasteiger partial charge in [0.15, 0.2) is 5.96 Å². The van der Waals surface area contributed by atoms with Crippen molar-refractivity contribution >= 4 is 5.96 Å².